The lowest BCUT2D eigenvalue weighted by Crippen LogP contribution is -2.28. The molecular formula is C20H27N5O2. The first-order valence-corrected chi connectivity index (χ1v) is 9.23. The minimum Gasteiger partial charge on any atom is -0.489 e. The molecule has 2 N–H and O–H groups in total. The molecule has 144 valence electrons. The lowest BCUT2D eigenvalue weighted by Gasteiger charge is -2.20. The van der Waals surface area contributed by atoms with Crippen molar-refractivity contribution in [3.8, 4) is 5.75 Å². The van der Waals surface area contributed by atoms with E-state index in [-0.39, 0.29) is 17.2 Å². The number of aromatic amines is 1. The van der Waals surface area contributed by atoms with Crippen molar-refractivity contribution in [3.05, 3.63) is 46.4 Å². The number of hydrogen-bond acceptors (Lipinski definition) is 5. The molecule has 3 aromatic rings. The summed E-state index contributed by atoms with van der Waals surface area (Å²) in [5.74, 6) is 1.26. The third kappa shape index (κ3) is 4.30. The molecule has 0 bridgehead atoms. The average Bonchev–Trinajstić information content (AvgIpc) is 3.03. The van der Waals surface area contributed by atoms with Crippen LogP contribution in [0.4, 0.5) is 5.95 Å². The van der Waals surface area contributed by atoms with Gasteiger partial charge in [0, 0.05) is 0 Å². The molecule has 27 heavy (non-hydrogen) atoms. The van der Waals surface area contributed by atoms with E-state index < -0.39 is 0 Å². The van der Waals surface area contributed by atoms with Crippen molar-refractivity contribution in [2.75, 3.05) is 11.9 Å². The largest absolute Gasteiger partial charge is 0.489 e. The van der Waals surface area contributed by atoms with Gasteiger partial charge < -0.3 is 10.1 Å². The van der Waals surface area contributed by atoms with Crippen LogP contribution in [-0.2, 0) is 5.54 Å². The fraction of sp³-hybridized carbons (Fsp3) is 0.450. The zero-order valence-electron chi connectivity index (χ0n) is 16.5. The van der Waals surface area contributed by atoms with Crippen molar-refractivity contribution in [2.45, 2.75) is 52.7 Å². The fourth-order valence-electron chi connectivity index (χ4n) is 2.85. The molecule has 0 amide bonds. The summed E-state index contributed by atoms with van der Waals surface area (Å²) in [5, 5.41) is 8.01. The van der Waals surface area contributed by atoms with Gasteiger partial charge in [-0.3, -0.25) is 9.78 Å². The number of aromatic nitrogens is 4. The van der Waals surface area contributed by atoms with Crippen LogP contribution in [-0.4, -0.2) is 32.4 Å². The number of H-pyrrole nitrogens is 1. The first-order valence-electron chi connectivity index (χ1n) is 9.23. The SMILES string of the molecule is CCC(CNc1nc2c(cnn2C(C)(C)C)c(=O)[nH]1)Oc1cccc(C)c1. The van der Waals surface area contributed by atoms with Crippen molar-refractivity contribution in [1.29, 1.82) is 0 Å². The molecule has 0 aliphatic rings. The minimum atomic E-state index is -0.264. The Morgan fingerprint density at radius 3 is 2.78 bits per heavy atom. The summed E-state index contributed by atoms with van der Waals surface area (Å²) in [6.45, 7) is 10.7. The van der Waals surface area contributed by atoms with E-state index in [0.717, 1.165) is 17.7 Å². The topological polar surface area (TPSA) is 84.8 Å². The van der Waals surface area contributed by atoms with Gasteiger partial charge in [-0.1, -0.05) is 19.1 Å². The molecule has 1 aromatic carbocycles. The van der Waals surface area contributed by atoms with E-state index in [1.807, 2.05) is 52.0 Å². The number of anilines is 1. The number of fused-ring (bicyclic) bond motifs is 1. The van der Waals surface area contributed by atoms with Crippen LogP contribution in [0, 0.1) is 6.92 Å². The van der Waals surface area contributed by atoms with Crippen molar-refractivity contribution in [3.63, 3.8) is 0 Å². The van der Waals surface area contributed by atoms with Crippen LogP contribution in [0.5, 0.6) is 5.75 Å². The highest BCUT2D eigenvalue weighted by Gasteiger charge is 2.20. The molecule has 0 saturated carbocycles. The number of nitrogens with one attached hydrogen (secondary N) is 2. The van der Waals surface area contributed by atoms with Crippen LogP contribution >= 0.6 is 0 Å². The van der Waals surface area contributed by atoms with E-state index in [4.69, 9.17) is 4.74 Å². The van der Waals surface area contributed by atoms with Gasteiger partial charge in [0.1, 0.15) is 17.2 Å². The number of ether oxygens (including phenoxy) is 1. The lowest BCUT2D eigenvalue weighted by molar-refractivity contribution is 0.209. The number of nitrogens with zero attached hydrogens (tertiary/aromatic N) is 3. The highest BCUT2D eigenvalue weighted by Crippen LogP contribution is 2.19. The molecular weight excluding hydrogens is 342 g/mol. The average molecular weight is 369 g/mol. The third-order valence-corrected chi connectivity index (χ3v) is 4.32. The molecule has 0 aliphatic heterocycles. The Morgan fingerprint density at radius 2 is 2.11 bits per heavy atom. The molecule has 7 heteroatoms. The van der Waals surface area contributed by atoms with Crippen LogP contribution in [0.3, 0.4) is 0 Å². The van der Waals surface area contributed by atoms with Gasteiger partial charge in [-0.25, -0.2) is 4.68 Å². The maximum Gasteiger partial charge on any atom is 0.263 e. The van der Waals surface area contributed by atoms with Crippen molar-refractivity contribution >= 4 is 17.0 Å². The second-order valence-corrected chi connectivity index (χ2v) is 7.72. The maximum atomic E-state index is 12.4. The standard InChI is InChI=1S/C20H27N5O2/c1-6-14(27-15-9-7-8-13(2)10-15)11-21-19-23-17-16(18(26)24-19)12-22-25(17)20(3,4)5/h7-10,12,14H,6,11H2,1-5H3,(H2,21,23,24,26). The minimum absolute atomic E-state index is 0.0414. The van der Waals surface area contributed by atoms with E-state index >= 15 is 0 Å². The van der Waals surface area contributed by atoms with Crippen molar-refractivity contribution < 1.29 is 4.74 Å². The molecule has 1 unspecified atom stereocenters. The Hall–Kier alpha value is -2.83. The Labute approximate surface area is 158 Å². The van der Waals surface area contributed by atoms with Gasteiger partial charge in [-0.15, -0.1) is 0 Å². The zero-order chi connectivity index (χ0) is 19.6. The number of hydrogen-bond donors (Lipinski definition) is 2. The molecule has 0 saturated heterocycles. The fourth-order valence-corrected chi connectivity index (χ4v) is 2.85. The van der Waals surface area contributed by atoms with Crippen molar-refractivity contribution in [1.82, 2.24) is 19.7 Å². The summed E-state index contributed by atoms with van der Waals surface area (Å²) in [7, 11) is 0. The predicted octanol–water partition coefficient (Wildman–Crippen LogP) is 3.45. The molecule has 0 radical (unpaired) electrons. The van der Waals surface area contributed by atoms with Crippen LogP contribution in [0.1, 0.15) is 39.7 Å². The van der Waals surface area contributed by atoms with E-state index in [1.165, 1.54) is 0 Å². The summed E-state index contributed by atoms with van der Waals surface area (Å²) in [6, 6.07) is 7.97. The summed E-state index contributed by atoms with van der Waals surface area (Å²) in [6.07, 6.45) is 2.35. The first kappa shape index (κ1) is 18.9. The van der Waals surface area contributed by atoms with Crippen LogP contribution in [0.25, 0.3) is 11.0 Å². The van der Waals surface area contributed by atoms with Gasteiger partial charge in [-0.2, -0.15) is 10.1 Å². The summed E-state index contributed by atoms with van der Waals surface area (Å²) in [5.41, 5.74) is 1.26. The summed E-state index contributed by atoms with van der Waals surface area (Å²) in [4.78, 5) is 19.7. The first-order chi connectivity index (χ1) is 12.8. The van der Waals surface area contributed by atoms with Crippen LogP contribution in [0.15, 0.2) is 35.3 Å². The Bertz CT molecular complexity index is 984. The monoisotopic (exact) mass is 369 g/mol. The van der Waals surface area contributed by atoms with E-state index in [1.54, 1.807) is 10.9 Å². The van der Waals surface area contributed by atoms with E-state index in [0.29, 0.717) is 23.5 Å². The molecule has 0 fully saturated rings. The highest BCUT2D eigenvalue weighted by molar-refractivity contribution is 5.74. The molecule has 0 aliphatic carbocycles. The molecule has 3 rings (SSSR count). The molecule has 2 heterocycles. The maximum absolute atomic E-state index is 12.4. The number of rotatable bonds is 6. The lowest BCUT2D eigenvalue weighted by atomic mass is 10.1. The number of aryl methyl sites for hydroxylation is 1. The second-order valence-electron chi connectivity index (χ2n) is 7.72. The van der Waals surface area contributed by atoms with Gasteiger partial charge in [0.05, 0.1) is 18.3 Å². The van der Waals surface area contributed by atoms with Gasteiger partial charge in [0.25, 0.3) is 5.56 Å². The van der Waals surface area contributed by atoms with E-state index in [2.05, 4.69) is 27.3 Å². The zero-order valence-corrected chi connectivity index (χ0v) is 16.5. The quantitative estimate of drug-likeness (QED) is 0.695. The predicted molar refractivity (Wildman–Crippen MR) is 108 cm³/mol. The highest BCUT2D eigenvalue weighted by atomic mass is 16.5. The molecule has 7 nitrogen and oxygen atoms in total. The molecule has 1 atom stereocenters. The third-order valence-electron chi connectivity index (χ3n) is 4.32. The Kier molecular flexibility index (Phi) is 5.21. The van der Waals surface area contributed by atoms with Gasteiger partial charge in [-0.05, 0) is 51.8 Å². The summed E-state index contributed by atoms with van der Waals surface area (Å²) < 4.78 is 7.81. The Morgan fingerprint density at radius 1 is 1.33 bits per heavy atom. The van der Waals surface area contributed by atoms with E-state index in [9.17, 15) is 4.79 Å². The molecule has 2 aromatic heterocycles. The van der Waals surface area contributed by atoms with Gasteiger partial charge >= 0.3 is 0 Å². The normalized spacial score (nSPS) is 12.9. The van der Waals surface area contributed by atoms with Gasteiger partial charge in [0.15, 0.2) is 5.65 Å². The van der Waals surface area contributed by atoms with Crippen LogP contribution < -0.4 is 15.6 Å². The smallest absolute Gasteiger partial charge is 0.263 e. The number of benzene rings is 1. The molecule has 0 spiro atoms. The Balaban J connectivity index is 1.78. The van der Waals surface area contributed by atoms with Gasteiger partial charge in [0.2, 0.25) is 5.95 Å². The van der Waals surface area contributed by atoms with Crippen LogP contribution in [0.2, 0.25) is 0 Å². The second kappa shape index (κ2) is 7.42. The van der Waals surface area contributed by atoms with Crippen molar-refractivity contribution in [2.24, 2.45) is 0 Å². The summed E-state index contributed by atoms with van der Waals surface area (Å²) >= 11 is 0.